The fraction of sp³-hybridized carbons (Fsp3) is 0.190. The lowest BCUT2D eigenvalue weighted by atomic mass is 10.2. The quantitative estimate of drug-likeness (QED) is 0.502. The van der Waals surface area contributed by atoms with Crippen molar-refractivity contribution in [2.24, 2.45) is 0 Å². The summed E-state index contributed by atoms with van der Waals surface area (Å²) < 4.78 is 3.39. The highest BCUT2D eigenvalue weighted by molar-refractivity contribution is 5.83. The molecule has 1 saturated heterocycles. The summed E-state index contributed by atoms with van der Waals surface area (Å²) >= 11 is 0. The molecule has 1 aliphatic heterocycles. The van der Waals surface area contributed by atoms with E-state index in [-0.39, 0.29) is 11.6 Å². The van der Waals surface area contributed by atoms with Crippen molar-refractivity contribution in [3.8, 4) is 5.69 Å². The monoisotopic (exact) mass is 398 g/mol. The molecule has 5 aromatic rings. The van der Waals surface area contributed by atoms with Crippen LogP contribution < -0.4 is 10.5 Å². The van der Waals surface area contributed by atoms with Gasteiger partial charge in [0.25, 0.3) is 5.56 Å². The number of aromatic amines is 1. The van der Waals surface area contributed by atoms with E-state index in [2.05, 4.69) is 24.8 Å². The smallest absolute Gasteiger partial charge is 0.282 e. The van der Waals surface area contributed by atoms with Gasteiger partial charge in [-0.3, -0.25) is 9.36 Å². The molecule has 1 atom stereocenters. The second-order valence-corrected chi connectivity index (χ2v) is 7.32. The van der Waals surface area contributed by atoms with Crippen LogP contribution in [0, 0.1) is 0 Å². The highest BCUT2D eigenvalue weighted by Crippen LogP contribution is 2.36. The summed E-state index contributed by atoms with van der Waals surface area (Å²) in [7, 11) is 0. The molecule has 0 spiro atoms. The number of H-pyrrole nitrogens is 1. The Morgan fingerprint density at radius 2 is 1.93 bits per heavy atom. The van der Waals surface area contributed by atoms with E-state index >= 15 is 0 Å². The third-order valence-corrected chi connectivity index (χ3v) is 5.63. The Labute approximate surface area is 170 Å². The van der Waals surface area contributed by atoms with E-state index in [1.807, 2.05) is 42.6 Å². The third kappa shape index (κ3) is 2.45. The van der Waals surface area contributed by atoms with Crippen LogP contribution in [0.25, 0.3) is 22.4 Å². The topological polar surface area (TPSA) is 97.0 Å². The maximum Gasteiger partial charge on any atom is 0.282 e. The Bertz CT molecular complexity index is 1420. The highest BCUT2D eigenvalue weighted by atomic mass is 16.1. The normalized spacial score (nSPS) is 16.7. The van der Waals surface area contributed by atoms with E-state index in [4.69, 9.17) is 5.10 Å². The van der Waals surface area contributed by atoms with Gasteiger partial charge >= 0.3 is 0 Å². The molecule has 0 aliphatic carbocycles. The molecule has 0 saturated carbocycles. The fourth-order valence-corrected chi connectivity index (χ4v) is 4.30. The van der Waals surface area contributed by atoms with Crippen LogP contribution in [0.4, 0.5) is 5.82 Å². The van der Waals surface area contributed by atoms with Gasteiger partial charge < -0.3 is 9.88 Å². The molecule has 9 heteroatoms. The predicted molar refractivity (Wildman–Crippen MR) is 112 cm³/mol. The van der Waals surface area contributed by atoms with Gasteiger partial charge in [0.15, 0.2) is 17.3 Å². The average molecular weight is 398 g/mol. The molecule has 1 fully saturated rings. The first kappa shape index (κ1) is 16.9. The van der Waals surface area contributed by atoms with Crippen molar-refractivity contribution in [2.75, 3.05) is 11.4 Å². The Morgan fingerprint density at radius 3 is 2.83 bits per heavy atom. The van der Waals surface area contributed by atoms with Gasteiger partial charge in [-0.1, -0.05) is 18.2 Å². The number of hydrogen-bond acceptors (Lipinski definition) is 6. The van der Waals surface area contributed by atoms with E-state index in [9.17, 15) is 4.79 Å². The second-order valence-electron chi connectivity index (χ2n) is 7.32. The van der Waals surface area contributed by atoms with E-state index in [1.165, 1.54) is 6.33 Å². The molecule has 0 bridgehead atoms. The molecule has 0 radical (unpaired) electrons. The van der Waals surface area contributed by atoms with Crippen molar-refractivity contribution >= 4 is 22.5 Å². The van der Waals surface area contributed by atoms with Crippen molar-refractivity contribution in [3.05, 3.63) is 77.5 Å². The standard InChI is InChI=1S/C21H18N8O/c30-21-16-9-5-11-28(16)26-19(29(21)14-6-2-1-3-7-14)15-8-4-10-27(15)20-17-18(23-12-22-17)24-13-25-20/h1-3,5-7,9,11-13,15H,4,8,10H2,(H,22,23,24,25)/t15-/m0/s1. The molecule has 1 aromatic carbocycles. The van der Waals surface area contributed by atoms with Crippen LogP contribution in [0.2, 0.25) is 0 Å². The van der Waals surface area contributed by atoms with Crippen LogP contribution in [0.1, 0.15) is 24.7 Å². The molecule has 9 nitrogen and oxygen atoms in total. The molecule has 1 aliphatic rings. The molecule has 30 heavy (non-hydrogen) atoms. The zero-order valence-corrected chi connectivity index (χ0v) is 16.0. The van der Waals surface area contributed by atoms with Crippen molar-refractivity contribution in [2.45, 2.75) is 18.9 Å². The van der Waals surface area contributed by atoms with Gasteiger partial charge in [-0.15, -0.1) is 0 Å². The van der Waals surface area contributed by atoms with Gasteiger partial charge in [0, 0.05) is 12.7 Å². The van der Waals surface area contributed by atoms with Crippen molar-refractivity contribution in [3.63, 3.8) is 0 Å². The van der Waals surface area contributed by atoms with Gasteiger partial charge in [0.2, 0.25) is 0 Å². The van der Waals surface area contributed by atoms with Crippen LogP contribution in [0.15, 0.2) is 66.1 Å². The molecular formula is C21H18N8O. The summed E-state index contributed by atoms with van der Waals surface area (Å²) in [6.45, 7) is 0.810. The summed E-state index contributed by atoms with van der Waals surface area (Å²) in [5.41, 5.74) is 2.68. The zero-order chi connectivity index (χ0) is 20.1. The largest absolute Gasteiger partial charge is 0.344 e. The maximum atomic E-state index is 13.4. The Hall–Kier alpha value is -4.01. The lowest BCUT2D eigenvalue weighted by molar-refractivity contribution is 0.602. The number of fused-ring (bicyclic) bond motifs is 2. The second kappa shape index (κ2) is 6.51. The number of rotatable bonds is 3. The van der Waals surface area contributed by atoms with E-state index in [1.54, 1.807) is 21.5 Å². The lowest BCUT2D eigenvalue weighted by Crippen LogP contribution is -2.33. The van der Waals surface area contributed by atoms with E-state index in [0.29, 0.717) is 17.0 Å². The van der Waals surface area contributed by atoms with Crippen LogP contribution in [-0.2, 0) is 0 Å². The maximum absolute atomic E-state index is 13.4. The third-order valence-electron chi connectivity index (χ3n) is 5.63. The molecule has 1 N–H and O–H groups in total. The van der Waals surface area contributed by atoms with Gasteiger partial charge in [-0.2, -0.15) is 5.10 Å². The average Bonchev–Trinajstić information content (AvgIpc) is 3.53. The minimum absolute atomic E-state index is 0.0857. The zero-order valence-electron chi connectivity index (χ0n) is 16.0. The summed E-state index contributed by atoms with van der Waals surface area (Å²) in [6.07, 6.45) is 6.80. The summed E-state index contributed by atoms with van der Waals surface area (Å²) in [4.78, 5) is 31.8. The van der Waals surface area contributed by atoms with Gasteiger partial charge in [0.1, 0.15) is 17.4 Å². The van der Waals surface area contributed by atoms with Crippen molar-refractivity contribution < 1.29 is 0 Å². The first-order valence-electron chi connectivity index (χ1n) is 9.88. The molecule has 0 unspecified atom stereocenters. The number of benzene rings is 1. The van der Waals surface area contributed by atoms with Crippen molar-refractivity contribution in [1.82, 2.24) is 34.1 Å². The number of anilines is 1. The summed E-state index contributed by atoms with van der Waals surface area (Å²) in [5, 5.41) is 4.87. The SMILES string of the molecule is O=c1c2cccn2nc([C@@H]2CCCN2c2ncnc3nc[nH]c23)n1-c1ccccc1. The summed E-state index contributed by atoms with van der Waals surface area (Å²) in [5.74, 6) is 1.47. The Balaban J connectivity index is 1.59. The number of hydrogen-bond donors (Lipinski definition) is 1. The van der Waals surface area contributed by atoms with Crippen LogP contribution in [0.5, 0.6) is 0 Å². The van der Waals surface area contributed by atoms with Crippen molar-refractivity contribution in [1.29, 1.82) is 0 Å². The highest BCUT2D eigenvalue weighted by Gasteiger charge is 2.33. The molecule has 5 heterocycles. The first-order valence-corrected chi connectivity index (χ1v) is 9.88. The minimum Gasteiger partial charge on any atom is -0.344 e. The number of nitrogens with one attached hydrogen (secondary N) is 1. The van der Waals surface area contributed by atoms with Gasteiger partial charge in [-0.05, 0) is 37.1 Å². The summed E-state index contributed by atoms with van der Waals surface area (Å²) in [6, 6.07) is 13.2. The van der Waals surface area contributed by atoms with Gasteiger partial charge in [0.05, 0.1) is 18.1 Å². The molecule has 4 aromatic heterocycles. The predicted octanol–water partition coefficient (Wildman–Crippen LogP) is 2.49. The fourth-order valence-electron chi connectivity index (χ4n) is 4.30. The number of nitrogens with zero attached hydrogens (tertiary/aromatic N) is 7. The van der Waals surface area contributed by atoms with E-state index < -0.39 is 0 Å². The van der Waals surface area contributed by atoms with Crippen LogP contribution in [-0.4, -0.2) is 40.7 Å². The van der Waals surface area contributed by atoms with E-state index in [0.717, 1.165) is 36.4 Å². The Kier molecular flexibility index (Phi) is 3.67. The molecule has 0 amide bonds. The van der Waals surface area contributed by atoms with Crippen LogP contribution >= 0.6 is 0 Å². The lowest BCUT2D eigenvalue weighted by Gasteiger charge is -2.27. The Morgan fingerprint density at radius 1 is 1.03 bits per heavy atom. The number of imidazole rings is 1. The molecule has 148 valence electrons. The van der Waals surface area contributed by atoms with Crippen LogP contribution in [0.3, 0.4) is 0 Å². The van der Waals surface area contributed by atoms with Gasteiger partial charge in [-0.25, -0.2) is 19.5 Å². The molecular weight excluding hydrogens is 380 g/mol. The first-order chi connectivity index (χ1) is 14.8. The minimum atomic E-state index is -0.105. The molecule has 6 rings (SSSR count). The number of para-hydroxylation sites is 1. The number of aromatic nitrogens is 7.